The summed E-state index contributed by atoms with van der Waals surface area (Å²) in [7, 11) is 0. The van der Waals surface area contributed by atoms with E-state index in [1.165, 1.54) is 0 Å². The third kappa shape index (κ3) is 3.14. The van der Waals surface area contributed by atoms with Crippen LogP contribution in [0, 0.1) is 5.82 Å². The largest absolute Gasteiger partial charge is 0.419 e. The molecule has 6 heteroatoms. The number of hydrogen-bond acceptors (Lipinski definition) is 1. The van der Waals surface area contributed by atoms with Crippen LogP contribution in [0.3, 0.4) is 0 Å². The summed E-state index contributed by atoms with van der Waals surface area (Å²) in [5.41, 5.74) is 4.86. The van der Waals surface area contributed by atoms with Gasteiger partial charge >= 0.3 is 6.18 Å². The highest BCUT2D eigenvalue weighted by atomic mass is 19.4. The molecule has 2 aromatic carbocycles. The maximum atomic E-state index is 13.1. The summed E-state index contributed by atoms with van der Waals surface area (Å²) >= 11 is 0. The fourth-order valence-electron chi connectivity index (χ4n) is 1.61. The highest BCUT2D eigenvalue weighted by molar-refractivity contribution is 5.98. The van der Waals surface area contributed by atoms with Crippen LogP contribution in [0.5, 0.6) is 0 Å². The van der Waals surface area contributed by atoms with E-state index < -0.39 is 17.6 Å². The number of amidine groups is 1. The number of halogens is 4. The van der Waals surface area contributed by atoms with Crippen molar-refractivity contribution >= 4 is 11.5 Å². The van der Waals surface area contributed by atoms with Gasteiger partial charge in [0.05, 0.1) is 11.3 Å². The van der Waals surface area contributed by atoms with E-state index in [4.69, 9.17) is 5.73 Å². The summed E-state index contributed by atoms with van der Waals surface area (Å²) in [5.74, 6) is -1.28. The Labute approximate surface area is 112 Å². The zero-order valence-electron chi connectivity index (χ0n) is 10.2. The Balaban J connectivity index is 2.40. The first-order valence-corrected chi connectivity index (χ1v) is 5.64. The Hall–Kier alpha value is -2.37. The molecule has 0 aromatic heterocycles. The number of nitrogens with two attached hydrogens (primary N) is 1. The molecule has 0 radical (unpaired) electrons. The van der Waals surface area contributed by atoms with Crippen LogP contribution in [0.1, 0.15) is 11.1 Å². The number of hydrogen-bond donors (Lipinski definition) is 1. The van der Waals surface area contributed by atoms with Crippen LogP contribution in [0.2, 0.25) is 0 Å². The summed E-state index contributed by atoms with van der Waals surface area (Å²) in [5, 5.41) is 0. The molecule has 0 unspecified atom stereocenters. The Morgan fingerprint density at radius 3 is 2.25 bits per heavy atom. The lowest BCUT2D eigenvalue weighted by molar-refractivity contribution is -0.139. The maximum Gasteiger partial charge on any atom is 0.419 e. The lowest BCUT2D eigenvalue weighted by atomic mass is 10.1. The first-order chi connectivity index (χ1) is 9.38. The zero-order valence-corrected chi connectivity index (χ0v) is 10.2. The van der Waals surface area contributed by atoms with Crippen molar-refractivity contribution in [2.75, 3.05) is 0 Å². The van der Waals surface area contributed by atoms with Crippen LogP contribution in [-0.2, 0) is 6.18 Å². The third-order valence-corrected chi connectivity index (χ3v) is 2.57. The minimum atomic E-state index is -4.77. The molecule has 2 N–H and O–H groups in total. The summed E-state index contributed by atoms with van der Waals surface area (Å²) in [6.07, 6.45) is -4.77. The molecule has 104 valence electrons. The van der Waals surface area contributed by atoms with Gasteiger partial charge in [-0.15, -0.1) is 0 Å². The van der Waals surface area contributed by atoms with Crippen molar-refractivity contribution in [3.05, 3.63) is 65.5 Å². The van der Waals surface area contributed by atoms with Gasteiger partial charge in [-0.3, -0.25) is 0 Å². The summed E-state index contributed by atoms with van der Waals surface area (Å²) < 4.78 is 50.8. The number of aliphatic imine (C=N–C) groups is 1. The minimum Gasteiger partial charge on any atom is -0.383 e. The molecule has 2 rings (SSSR count). The van der Waals surface area contributed by atoms with E-state index in [1.807, 2.05) is 0 Å². The molecule has 0 saturated carbocycles. The van der Waals surface area contributed by atoms with Crippen LogP contribution in [0.15, 0.2) is 53.5 Å². The normalized spacial score (nSPS) is 12.5. The quantitative estimate of drug-likeness (QED) is 0.506. The third-order valence-electron chi connectivity index (χ3n) is 2.57. The fraction of sp³-hybridized carbons (Fsp3) is 0.0714. The summed E-state index contributed by atoms with van der Waals surface area (Å²) in [4.78, 5) is 3.87. The predicted octanol–water partition coefficient (Wildman–Crippen LogP) is 3.88. The molecule has 0 bridgehead atoms. The summed E-state index contributed by atoms with van der Waals surface area (Å²) in [6.45, 7) is 0. The highest BCUT2D eigenvalue weighted by Crippen LogP contribution is 2.33. The van der Waals surface area contributed by atoms with Gasteiger partial charge in [-0.25, -0.2) is 9.38 Å². The first kappa shape index (κ1) is 14.0. The lowest BCUT2D eigenvalue weighted by Crippen LogP contribution is -2.12. The number of rotatable bonds is 2. The van der Waals surface area contributed by atoms with Crippen LogP contribution in [0.4, 0.5) is 23.2 Å². The smallest absolute Gasteiger partial charge is 0.383 e. The molecule has 20 heavy (non-hydrogen) atoms. The molecule has 0 aliphatic carbocycles. The van der Waals surface area contributed by atoms with Gasteiger partial charge in [-0.2, -0.15) is 13.2 Å². The molecule has 0 amide bonds. The van der Waals surface area contributed by atoms with Crippen LogP contribution in [-0.4, -0.2) is 5.84 Å². The second kappa shape index (κ2) is 5.32. The second-order valence-corrected chi connectivity index (χ2v) is 4.02. The van der Waals surface area contributed by atoms with Gasteiger partial charge < -0.3 is 5.73 Å². The first-order valence-electron chi connectivity index (χ1n) is 5.64. The van der Waals surface area contributed by atoms with Crippen molar-refractivity contribution < 1.29 is 17.6 Å². The van der Waals surface area contributed by atoms with E-state index in [0.717, 1.165) is 12.1 Å². The lowest BCUT2D eigenvalue weighted by Gasteiger charge is -2.08. The SMILES string of the molecule is NC(=Nc1ccc(F)c(C(F)(F)F)c1)c1ccccc1. The van der Waals surface area contributed by atoms with Gasteiger partial charge in [-0.1, -0.05) is 30.3 Å². The molecular formula is C14H10F4N2. The molecule has 0 spiro atoms. The van der Waals surface area contributed by atoms with Crippen LogP contribution >= 0.6 is 0 Å². The van der Waals surface area contributed by atoms with E-state index in [1.54, 1.807) is 30.3 Å². The van der Waals surface area contributed by atoms with Gasteiger partial charge in [0.1, 0.15) is 11.7 Å². The van der Waals surface area contributed by atoms with E-state index in [0.29, 0.717) is 11.6 Å². The van der Waals surface area contributed by atoms with Crippen molar-refractivity contribution in [1.29, 1.82) is 0 Å². The standard InChI is InChI=1S/C14H10F4N2/c15-12-7-6-10(8-11(12)14(16,17)18)20-13(19)9-4-2-1-3-5-9/h1-8H,(H2,19,20). The van der Waals surface area contributed by atoms with Gasteiger partial charge in [0.25, 0.3) is 0 Å². The molecule has 0 atom stereocenters. The van der Waals surface area contributed by atoms with E-state index >= 15 is 0 Å². The van der Waals surface area contributed by atoms with Gasteiger partial charge in [0, 0.05) is 5.56 Å². The predicted molar refractivity (Wildman–Crippen MR) is 68.2 cm³/mol. The van der Waals surface area contributed by atoms with Crippen LogP contribution < -0.4 is 5.73 Å². The zero-order chi connectivity index (χ0) is 14.8. The number of nitrogens with zero attached hydrogens (tertiary/aromatic N) is 1. The molecule has 0 fully saturated rings. The molecule has 0 saturated heterocycles. The van der Waals surface area contributed by atoms with E-state index in [9.17, 15) is 17.6 Å². The molecule has 0 heterocycles. The van der Waals surface area contributed by atoms with Crippen molar-refractivity contribution in [2.24, 2.45) is 10.7 Å². The Morgan fingerprint density at radius 2 is 1.65 bits per heavy atom. The molecule has 0 aliphatic heterocycles. The Kier molecular flexibility index (Phi) is 3.74. The number of alkyl halides is 3. The van der Waals surface area contributed by atoms with E-state index in [2.05, 4.69) is 4.99 Å². The minimum absolute atomic E-state index is 0.0555. The van der Waals surface area contributed by atoms with Crippen molar-refractivity contribution in [1.82, 2.24) is 0 Å². The molecule has 0 aliphatic rings. The fourth-order valence-corrected chi connectivity index (χ4v) is 1.61. The van der Waals surface area contributed by atoms with Crippen molar-refractivity contribution in [3.63, 3.8) is 0 Å². The molecular weight excluding hydrogens is 272 g/mol. The van der Waals surface area contributed by atoms with Crippen molar-refractivity contribution in [3.8, 4) is 0 Å². The van der Waals surface area contributed by atoms with Gasteiger partial charge in [0.15, 0.2) is 0 Å². The molecule has 2 aromatic rings. The number of benzene rings is 2. The van der Waals surface area contributed by atoms with Crippen LogP contribution in [0.25, 0.3) is 0 Å². The second-order valence-electron chi connectivity index (χ2n) is 4.02. The highest BCUT2D eigenvalue weighted by Gasteiger charge is 2.34. The average Bonchev–Trinajstić information content (AvgIpc) is 2.40. The van der Waals surface area contributed by atoms with Crippen molar-refractivity contribution in [2.45, 2.75) is 6.18 Å². The van der Waals surface area contributed by atoms with Gasteiger partial charge in [0.2, 0.25) is 0 Å². The summed E-state index contributed by atoms with van der Waals surface area (Å²) in [6, 6.07) is 11.1. The maximum absolute atomic E-state index is 13.1. The topological polar surface area (TPSA) is 38.4 Å². The van der Waals surface area contributed by atoms with Gasteiger partial charge in [-0.05, 0) is 18.2 Å². The Morgan fingerprint density at radius 1 is 1.00 bits per heavy atom. The average molecular weight is 282 g/mol. The molecule has 2 nitrogen and oxygen atoms in total. The monoisotopic (exact) mass is 282 g/mol. The van der Waals surface area contributed by atoms with E-state index in [-0.39, 0.29) is 11.5 Å². The Bertz CT molecular complexity index is 633.